The molecule has 0 aliphatic heterocycles. The van der Waals surface area contributed by atoms with E-state index in [0.717, 1.165) is 23.3 Å². The van der Waals surface area contributed by atoms with Gasteiger partial charge in [-0.1, -0.05) is 24.3 Å². The van der Waals surface area contributed by atoms with Gasteiger partial charge in [0.1, 0.15) is 5.76 Å². The molecule has 0 saturated heterocycles. The summed E-state index contributed by atoms with van der Waals surface area (Å²) < 4.78 is 5.29. The molecule has 1 aromatic carbocycles. The highest BCUT2D eigenvalue weighted by Crippen LogP contribution is 2.20. The van der Waals surface area contributed by atoms with Gasteiger partial charge in [0.05, 0.1) is 6.26 Å². The molecule has 0 fully saturated rings. The number of hydrogen-bond acceptors (Lipinski definition) is 2. The third kappa shape index (κ3) is 3.21. The van der Waals surface area contributed by atoms with E-state index >= 15 is 0 Å². The fraction of sp³-hybridized carbons (Fsp3) is 0.214. The van der Waals surface area contributed by atoms with Crippen molar-refractivity contribution in [3.05, 3.63) is 48.2 Å². The monoisotopic (exact) mass is 230 g/mol. The van der Waals surface area contributed by atoms with Crippen LogP contribution in [0.25, 0.3) is 11.3 Å². The van der Waals surface area contributed by atoms with Crippen LogP contribution in [0.15, 0.2) is 47.1 Å². The molecule has 2 rings (SSSR count). The Morgan fingerprint density at radius 2 is 1.94 bits per heavy atom. The van der Waals surface area contributed by atoms with Gasteiger partial charge < -0.3 is 9.52 Å². The molecule has 0 spiro atoms. The summed E-state index contributed by atoms with van der Waals surface area (Å²) in [6, 6.07) is 11.8. The van der Waals surface area contributed by atoms with Crippen molar-refractivity contribution < 1.29 is 14.3 Å². The minimum Gasteiger partial charge on any atom is -0.481 e. The average Bonchev–Trinajstić information content (AvgIpc) is 2.83. The zero-order chi connectivity index (χ0) is 12.1. The first kappa shape index (κ1) is 11.5. The van der Waals surface area contributed by atoms with E-state index in [1.807, 2.05) is 36.4 Å². The Labute approximate surface area is 99.7 Å². The van der Waals surface area contributed by atoms with E-state index in [-0.39, 0.29) is 6.42 Å². The molecule has 3 nitrogen and oxygen atoms in total. The van der Waals surface area contributed by atoms with Gasteiger partial charge in [0.2, 0.25) is 0 Å². The van der Waals surface area contributed by atoms with Gasteiger partial charge in [-0.15, -0.1) is 0 Å². The summed E-state index contributed by atoms with van der Waals surface area (Å²) in [5.41, 5.74) is 2.19. The third-order valence-corrected chi connectivity index (χ3v) is 2.62. The summed E-state index contributed by atoms with van der Waals surface area (Å²) in [5.74, 6) is 0.110. The molecule has 0 radical (unpaired) electrons. The lowest BCUT2D eigenvalue weighted by Crippen LogP contribution is -1.95. The van der Waals surface area contributed by atoms with E-state index in [1.54, 1.807) is 6.26 Å². The Kier molecular flexibility index (Phi) is 3.60. The van der Waals surface area contributed by atoms with E-state index < -0.39 is 5.97 Å². The van der Waals surface area contributed by atoms with Crippen molar-refractivity contribution in [2.45, 2.75) is 19.3 Å². The van der Waals surface area contributed by atoms with Crippen LogP contribution in [0.3, 0.4) is 0 Å². The predicted molar refractivity (Wildman–Crippen MR) is 64.7 cm³/mol. The van der Waals surface area contributed by atoms with E-state index in [0.29, 0.717) is 6.42 Å². The molecule has 3 heteroatoms. The first-order chi connectivity index (χ1) is 8.25. The van der Waals surface area contributed by atoms with E-state index in [2.05, 4.69) is 0 Å². The Morgan fingerprint density at radius 1 is 1.18 bits per heavy atom. The molecule has 88 valence electrons. The van der Waals surface area contributed by atoms with Gasteiger partial charge in [-0.3, -0.25) is 4.79 Å². The van der Waals surface area contributed by atoms with Crippen molar-refractivity contribution in [1.82, 2.24) is 0 Å². The van der Waals surface area contributed by atoms with Crippen LogP contribution >= 0.6 is 0 Å². The lowest BCUT2D eigenvalue weighted by atomic mass is 10.1. The van der Waals surface area contributed by atoms with Crippen molar-refractivity contribution in [3.8, 4) is 11.3 Å². The summed E-state index contributed by atoms with van der Waals surface area (Å²) in [4.78, 5) is 10.4. The Balaban J connectivity index is 1.96. The molecule has 0 saturated carbocycles. The van der Waals surface area contributed by atoms with Crippen LogP contribution in [0.2, 0.25) is 0 Å². The van der Waals surface area contributed by atoms with Crippen LogP contribution in [0.4, 0.5) is 0 Å². The van der Waals surface area contributed by atoms with E-state index in [9.17, 15) is 4.79 Å². The molecule has 2 aromatic rings. The minimum absolute atomic E-state index is 0.222. The predicted octanol–water partition coefficient (Wildman–Crippen LogP) is 3.35. The Morgan fingerprint density at radius 3 is 2.53 bits per heavy atom. The number of aliphatic carboxylic acids is 1. The second-order valence-electron chi connectivity index (χ2n) is 3.92. The van der Waals surface area contributed by atoms with Gasteiger partial charge >= 0.3 is 5.97 Å². The fourth-order valence-electron chi connectivity index (χ4n) is 1.72. The molecule has 0 aliphatic rings. The maximum atomic E-state index is 10.4. The number of hydrogen-bond donors (Lipinski definition) is 1. The Hall–Kier alpha value is -2.03. The Bertz CT molecular complexity index is 469. The fourth-order valence-corrected chi connectivity index (χ4v) is 1.72. The molecule has 0 bridgehead atoms. The number of carboxylic acids is 1. The molecule has 17 heavy (non-hydrogen) atoms. The topological polar surface area (TPSA) is 50.4 Å². The highest BCUT2D eigenvalue weighted by atomic mass is 16.4. The van der Waals surface area contributed by atoms with Crippen LogP contribution in [0, 0.1) is 0 Å². The molecule has 0 amide bonds. The number of carboxylic acid groups (broad SMARTS) is 1. The molecule has 1 heterocycles. The maximum absolute atomic E-state index is 10.4. The lowest BCUT2D eigenvalue weighted by molar-refractivity contribution is -0.137. The van der Waals surface area contributed by atoms with Gasteiger partial charge in [-0.2, -0.15) is 0 Å². The number of aryl methyl sites for hydroxylation is 1. The second kappa shape index (κ2) is 5.34. The highest BCUT2D eigenvalue weighted by Gasteiger charge is 2.01. The summed E-state index contributed by atoms with van der Waals surface area (Å²) >= 11 is 0. The lowest BCUT2D eigenvalue weighted by Gasteiger charge is -2.01. The minimum atomic E-state index is -0.739. The number of rotatable bonds is 5. The first-order valence-corrected chi connectivity index (χ1v) is 5.60. The van der Waals surface area contributed by atoms with Crippen molar-refractivity contribution >= 4 is 5.97 Å². The van der Waals surface area contributed by atoms with Crippen LogP contribution in [0.5, 0.6) is 0 Å². The zero-order valence-corrected chi connectivity index (χ0v) is 9.43. The SMILES string of the molecule is O=C(O)CCCc1ccc(-c2ccco2)cc1. The van der Waals surface area contributed by atoms with Gasteiger partial charge in [0.25, 0.3) is 0 Å². The molecular formula is C14H14O3. The molecule has 0 atom stereocenters. The van der Waals surface area contributed by atoms with Crippen molar-refractivity contribution in [1.29, 1.82) is 0 Å². The normalized spacial score (nSPS) is 10.4. The van der Waals surface area contributed by atoms with Gasteiger partial charge in [-0.25, -0.2) is 0 Å². The second-order valence-corrected chi connectivity index (χ2v) is 3.92. The first-order valence-electron chi connectivity index (χ1n) is 5.60. The largest absolute Gasteiger partial charge is 0.481 e. The van der Waals surface area contributed by atoms with Crippen molar-refractivity contribution in [3.63, 3.8) is 0 Å². The summed E-state index contributed by atoms with van der Waals surface area (Å²) in [7, 11) is 0. The van der Waals surface area contributed by atoms with Gasteiger partial charge in [0.15, 0.2) is 0 Å². The number of furan rings is 1. The van der Waals surface area contributed by atoms with Gasteiger partial charge in [0, 0.05) is 12.0 Å². The summed E-state index contributed by atoms with van der Waals surface area (Å²) in [6.07, 6.45) is 3.34. The summed E-state index contributed by atoms with van der Waals surface area (Å²) in [6.45, 7) is 0. The van der Waals surface area contributed by atoms with Crippen molar-refractivity contribution in [2.75, 3.05) is 0 Å². The molecule has 1 N–H and O–H groups in total. The quantitative estimate of drug-likeness (QED) is 0.856. The highest BCUT2D eigenvalue weighted by molar-refractivity contribution is 5.66. The number of benzene rings is 1. The average molecular weight is 230 g/mol. The summed E-state index contributed by atoms with van der Waals surface area (Å²) in [5, 5.41) is 8.55. The van der Waals surface area contributed by atoms with Crippen LogP contribution in [-0.2, 0) is 11.2 Å². The van der Waals surface area contributed by atoms with Crippen LogP contribution < -0.4 is 0 Å². The maximum Gasteiger partial charge on any atom is 0.303 e. The van der Waals surface area contributed by atoms with E-state index in [1.165, 1.54) is 0 Å². The number of carbonyl (C=O) groups is 1. The zero-order valence-electron chi connectivity index (χ0n) is 9.43. The van der Waals surface area contributed by atoms with Crippen LogP contribution in [0.1, 0.15) is 18.4 Å². The smallest absolute Gasteiger partial charge is 0.303 e. The van der Waals surface area contributed by atoms with Crippen molar-refractivity contribution in [2.24, 2.45) is 0 Å². The standard InChI is InChI=1S/C14H14O3/c15-14(16)5-1-3-11-6-8-12(9-7-11)13-4-2-10-17-13/h2,4,6-10H,1,3,5H2,(H,15,16). The third-order valence-electron chi connectivity index (χ3n) is 2.62. The van der Waals surface area contributed by atoms with E-state index in [4.69, 9.17) is 9.52 Å². The molecular weight excluding hydrogens is 216 g/mol. The van der Waals surface area contributed by atoms with Gasteiger partial charge in [-0.05, 0) is 30.5 Å². The molecule has 0 aliphatic carbocycles. The van der Waals surface area contributed by atoms with Crippen LogP contribution in [-0.4, -0.2) is 11.1 Å². The molecule has 0 unspecified atom stereocenters. The molecule has 1 aromatic heterocycles.